The molecule has 3 aromatic rings. The molecule has 0 aliphatic carbocycles. The molecule has 0 atom stereocenters. The monoisotopic (exact) mass is 570 g/mol. The molecule has 39 heavy (non-hydrogen) atoms. The lowest BCUT2D eigenvalue weighted by atomic mass is 9.99. The van der Waals surface area contributed by atoms with Gasteiger partial charge in [-0.15, -0.1) is 12.4 Å². The summed E-state index contributed by atoms with van der Waals surface area (Å²) in [4.78, 5) is 27.3. The second kappa shape index (κ2) is 11.7. The van der Waals surface area contributed by atoms with Crippen LogP contribution in [-0.4, -0.2) is 69.6 Å². The van der Waals surface area contributed by atoms with E-state index in [1.54, 1.807) is 7.11 Å². The molecule has 2 saturated heterocycles. The number of ether oxygens (including phenoxy) is 1. The Morgan fingerprint density at radius 3 is 2.59 bits per heavy atom. The standard InChI is InChI=1S/C29H35ClN6O2.ClH/c1-19-16-25(30)36-15-8-21-18-31-29(33-26(21)27(19)36)32-23-7-6-20(17-24(23)38-2)28(37)35-13-9-22(10-14-35)34-11-4-3-5-12-34;/h6-7,16-18,22H,3-5,8-15H2,1-2H3,(H,31,32,33);1H. The Hall–Kier alpha value is -2.81. The molecule has 1 amide bonds. The van der Waals surface area contributed by atoms with Crippen LogP contribution in [-0.2, 0) is 13.0 Å². The van der Waals surface area contributed by atoms with Crippen LogP contribution in [0.5, 0.6) is 5.75 Å². The maximum absolute atomic E-state index is 13.3. The maximum Gasteiger partial charge on any atom is 0.253 e. The van der Waals surface area contributed by atoms with Gasteiger partial charge >= 0.3 is 0 Å². The van der Waals surface area contributed by atoms with E-state index in [-0.39, 0.29) is 18.3 Å². The number of nitrogens with one attached hydrogen (secondary N) is 1. The minimum absolute atomic E-state index is 0. The van der Waals surface area contributed by atoms with Crippen LogP contribution in [0.2, 0.25) is 5.15 Å². The summed E-state index contributed by atoms with van der Waals surface area (Å²) < 4.78 is 7.77. The highest BCUT2D eigenvalue weighted by atomic mass is 35.5. The second-order valence-corrected chi connectivity index (χ2v) is 11.0. The molecule has 3 aliphatic rings. The molecule has 3 aliphatic heterocycles. The van der Waals surface area contributed by atoms with Crippen molar-refractivity contribution in [2.45, 2.75) is 58.0 Å². The van der Waals surface area contributed by atoms with E-state index in [4.69, 9.17) is 21.3 Å². The third-order valence-corrected chi connectivity index (χ3v) is 8.60. The summed E-state index contributed by atoms with van der Waals surface area (Å²) in [7, 11) is 1.62. The molecule has 0 saturated carbocycles. The second-order valence-electron chi connectivity index (χ2n) is 10.6. The van der Waals surface area contributed by atoms with Crippen molar-refractivity contribution in [3.8, 4) is 17.1 Å². The van der Waals surface area contributed by atoms with E-state index in [0.717, 1.165) is 66.6 Å². The molecule has 5 heterocycles. The number of carbonyl (C=O) groups excluding carboxylic acids is 1. The summed E-state index contributed by atoms with van der Waals surface area (Å²) >= 11 is 6.43. The highest BCUT2D eigenvalue weighted by Gasteiger charge is 2.28. The summed E-state index contributed by atoms with van der Waals surface area (Å²) in [6.07, 6.45) is 8.77. The van der Waals surface area contributed by atoms with Gasteiger partial charge in [0.2, 0.25) is 5.95 Å². The van der Waals surface area contributed by atoms with Gasteiger partial charge in [-0.3, -0.25) is 4.79 Å². The molecule has 2 fully saturated rings. The number of aromatic nitrogens is 3. The molecule has 10 heteroatoms. The van der Waals surface area contributed by atoms with Crippen molar-refractivity contribution < 1.29 is 9.53 Å². The molecule has 0 radical (unpaired) electrons. The fraction of sp³-hybridized carbons (Fsp3) is 0.483. The maximum atomic E-state index is 13.3. The number of likely N-dealkylation sites (tertiary alicyclic amines) is 2. The smallest absolute Gasteiger partial charge is 0.253 e. The van der Waals surface area contributed by atoms with Crippen molar-refractivity contribution in [1.29, 1.82) is 0 Å². The van der Waals surface area contributed by atoms with Crippen LogP contribution in [0.1, 0.15) is 53.6 Å². The average Bonchev–Trinajstić information content (AvgIpc) is 3.26. The zero-order valence-corrected chi connectivity index (χ0v) is 24.2. The number of halogens is 2. The Morgan fingerprint density at radius 1 is 1.08 bits per heavy atom. The zero-order valence-electron chi connectivity index (χ0n) is 22.6. The number of benzene rings is 1. The van der Waals surface area contributed by atoms with Crippen molar-refractivity contribution in [3.05, 3.63) is 52.3 Å². The first kappa shape index (κ1) is 27.7. The largest absolute Gasteiger partial charge is 0.495 e. The number of rotatable bonds is 5. The van der Waals surface area contributed by atoms with Gasteiger partial charge in [0.1, 0.15) is 10.9 Å². The molecule has 6 rings (SSSR count). The van der Waals surface area contributed by atoms with E-state index >= 15 is 0 Å². The van der Waals surface area contributed by atoms with E-state index < -0.39 is 0 Å². The van der Waals surface area contributed by atoms with Crippen LogP contribution in [0.3, 0.4) is 0 Å². The van der Waals surface area contributed by atoms with E-state index in [0.29, 0.717) is 29.0 Å². The summed E-state index contributed by atoms with van der Waals surface area (Å²) in [6.45, 7) is 6.89. The number of amides is 1. The van der Waals surface area contributed by atoms with Crippen molar-refractivity contribution in [2.75, 3.05) is 38.6 Å². The number of anilines is 2. The first-order valence-corrected chi connectivity index (χ1v) is 14.1. The first-order valence-electron chi connectivity index (χ1n) is 13.7. The van der Waals surface area contributed by atoms with Crippen LogP contribution >= 0.6 is 24.0 Å². The zero-order chi connectivity index (χ0) is 26.2. The number of piperidine rings is 2. The molecule has 1 aromatic carbocycles. The lowest BCUT2D eigenvalue weighted by Crippen LogP contribution is -2.48. The predicted molar refractivity (Wildman–Crippen MR) is 157 cm³/mol. The summed E-state index contributed by atoms with van der Waals surface area (Å²) in [5, 5.41) is 4.03. The Morgan fingerprint density at radius 2 is 1.85 bits per heavy atom. The summed E-state index contributed by atoms with van der Waals surface area (Å²) in [5.74, 6) is 1.12. The van der Waals surface area contributed by atoms with Gasteiger partial charge in [0.05, 0.1) is 24.2 Å². The molecular weight excluding hydrogens is 535 g/mol. The van der Waals surface area contributed by atoms with Crippen LogP contribution in [0.4, 0.5) is 11.6 Å². The van der Waals surface area contributed by atoms with Crippen molar-refractivity contribution in [1.82, 2.24) is 24.3 Å². The number of hydrogen-bond acceptors (Lipinski definition) is 6. The molecular formula is C29H36Cl2N6O2. The minimum atomic E-state index is 0. The van der Waals surface area contributed by atoms with Gasteiger partial charge in [-0.2, -0.15) is 0 Å². The number of aryl methyl sites for hydroxylation is 2. The third-order valence-electron chi connectivity index (χ3n) is 8.28. The molecule has 208 valence electrons. The predicted octanol–water partition coefficient (Wildman–Crippen LogP) is 5.73. The normalized spacial score (nSPS) is 17.7. The molecule has 2 aromatic heterocycles. The highest BCUT2D eigenvalue weighted by Crippen LogP contribution is 2.36. The summed E-state index contributed by atoms with van der Waals surface area (Å²) in [5.41, 5.74) is 5.50. The van der Waals surface area contributed by atoms with E-state index in [1.165, 1.54) is 32.4 Å². The Labute approximate surface area is 241 Å². The highest BCUT2D eigenvalue weighted by molar-refractivity contribution is 6.30. The Bertz CT molecular complexity index is 1350. The molecule has 0 unspecified atom stereocenters. The van der Waals surface area contributed by atoms with Gasteiger partial charge in [-0.1, -0.05) is 18.0 Å². The van der Waals surface area contributed by atoms with E-state index in [2.05, 4.69) is 26.7 Å². The first-order chi connectivity index (χ1) is 18.5. The molecule has 0 bridgehead atoms. The average molecular weight is 572 g/mol. The van der Waals surface area contributed by atoms with Gasteiger partial charge in [0, 0.05) is 43.0 Å². The number of fused-ring (bicyclic) bond motifs is 3. The number of hydrogen-bond donors (Lipinski definition) is 1. The van der Waals surface area contributed by atoms with Gasteiger partial charge in [-0.25, -0.2) is 9.97 Å². The fourth-order valence-corrected chi connectivity index (χ4v) is 6.55. The molecule has 0 spiro atoms. The van der Waals surface area contributed by atoms with Gasteiger partial charge < -0.3 is 24.4 Å². The lowest BCUT2D eigenvalue weighted by Gasteiger charge is -2.40. The van der Waals surface area contributed by atoms with E-state index in [1.807, 2.05) is 35.4 Å². The van der Waals surface area contributed by atoms with Crippen LogP contribution in [0, 0.1) is 6.92 Å². The van der Waals surface area contributed by atoms with Gasteiger partial charge in [0.15, 0.2) is 0 Å². The molecule has 8 nitrogen and oxygen atoms in total. The van der Waals surface area contributed by atoms with Crippen molar-refractivity contribution >= 4 is 41.6 Å². The summed E-state index contributed by atoms with van der Waals surface area (Å²) in [6, 6.07) is 8.14. The van der Waals surface area contributed by atoms with E-state index in [9.17, 15) is 4.79 Å². The molecule has 1 N–H and O–H groups in total. The Kier molecular flexibility index (Phi) is 8.35. The van der Waals surface area contributed by atoms with Crippen molar-refractivity contribution in [2.24, 2.45) is 0 Å². The number of nitrogens with zero attached hydrogens (tertiary/aromatic N) is 5. The SMILES string of the molecule is COc1cc(C(=O)N2CCC(N3CCCCC3)CC2)ccc1Nc1ncc2c(n1)-c1c(C)cc(Cl)n1CC2.Cl. The number of carbonyl (C=O) groups is 1. The Balaban J connectivity index is 0.00000308. The fourth-order valence-electron chi connectivity index (χ4n) is 6.21. The minimum Gasteiger partial charge on any atom is -0.495 e. The van der Waals surface area contributed by atoms with Gasteiger partial charge in [-0.05, 0) is 81.9 Å². The van der Waals surface area contributed by atoms with Gasteiger partial charge in [0.25, 0.3) is 5.91 Å². The van der Waals surface area contributed by atoms with Crippen molar-refractivity contribution in [3.63, 3.8) is 0 Å². The van der Waals surface area contributed by atoms with Crippen LogP contribution in [0.25, 0.3) is 11.4 Å². The van der Waals surface area contributed by atoms with Crippen LogP contribution < -0.4 is 10.1 Å². The third kappa shape index (κ3) is 5.47. The number of methoxy groups -OCH3 is 1. The lowest BCUT2D eigenvalue weighted by molar-refractivity contribution is 0.0589. The van der Waals surface area contributed by atoms with Crippen LogP contribution in [0.15, 0.2) is 30.5 Å². The quantitative estimate of drug-likeness (QED) is 0.422. The topological polar surface area (TPSA) is 75.5 Å².